The van der Waals surface area contributed by atoms with E-state index in [1.165, 1.54) is 0 Å². The minimum absolute atomic E-state index is 0.0265. The lowest BCUT2D eigenvalue weighted by molar-refractivity contribution is 0.379. The van der Waals surface area contributed by atoms with Crippen LogP contribution in [0.15, 0.2) is 60.0 Å². The number of rotatable bonds is 3. The van der Waals surface area contributed by atoms with Crippen molar-refractivity contribution in [2.24, 2.45) is 5.73 Å². The van der Waals surface area contributed by atoms with Crippen LogP contribution in [-0.4, -0.2) is 17.3 Å². The summed E-state index contributed by atoms with van der Waals surface area (Å²) < 4.78 is 10.9. The second-order valence-electron chi connectivity index (χ2n) is 6.00. The van der Waals surface area contributed by atoms with Gasteiger partial charge in [0, 0.05) is 10.6 Å². The Balaban J connectivity index is 1.97. The molecule has 0 bridgehead atoms. The smallest absolute Gasteiger partial charge is 0.244 e. The summed E-state index contributed by atoms with van der Waals surface area (Å²) in [6, 6.07) is 17.1. The van der Waals surface area contributed by atoms with E-state index in [0.29, 0.717) is 33.5 Å². The van der Waals surface area contributed by atoms with Crippen molar-refractivity contribution in [3.05, 3.63) is 76.1 Å². The number of nitrogens with two attached hydrogens (primary N) is 1. The SMILES string of the molecule is COc1cccc(-c2[nH]nc3c2C(c2ccccc2Cl)C(C#N)=C(N)O3)c1. The first-order valence-electron chi connectivity index (χ1n) is 8.18. The molecule has 134 valence electrons. The predicted octanol–water partition coefficient (Wildman–Crippen LogP) is 3.96. The van der Waals surface area contributed by atoms with Gasteiger partial charge in [-0.3, -0.25) is 5.10 Å². The molecule has 4 rings (SSSR count). The number of fused-ring (bicyclic) bond motifs is 1. The molecule has 3 N–H and O–H groups in total. The van der Waals surface area contributed by atoms with Crippen LogP contribution in [0.4, 0.5) is 0 Å². The predicted molar refractivity (Wildman–Crippen MR) is 101 cm³/mol. The van der Waals surface area contributed by atoms with Gasteiger partial charge in [-0.1, -0.05) is 41.9 Å². The molecule has 1 atom stereocenters. The highest BCUT2D eigenvalue weighted by Crippen LogP contribution is 2.47. The highest BCUT2D eigenvalue weighted by atomic mass is 35.5. The normalized spacial score (nSPS) is 15.7. The maximum Gasteiger partial charge on any atom is 0.244 e. The molecule has 0 fully saturated rings. The molecule has 7 heteroatoms. The molecule has 1 aliphatic rings. The van der Waals surface area contributed by atoms with Gasteiger partial charge in [0.05, 0.1) is 24.3 Å². The molecule has 1 aliphatic heterocycles. The Kier molecular flexibility index (Phi) is 4.22. The number of halogens is 1. The molecule has 3 aromatic rings. The molecular formula is C20H15ClN4O2. The van der Waals surface area contributed by atoms with E-state index in [0.717, 1.165) is 11.1 Å². The van der Waals surface area contributed by atoms with Crippen molar-refractivity contribution in [1.29, 1.82) is 5.26 Å². The van der Waals surface area contributed by atoms with Crippen molar-refractivity contribution in [2.45, 2.75) is 5.92 Å². The molecule has 2 heterocycles. The zero-order valence-electron chi connectivity index (χ0n) is 14.4. The van der Waals surface area contributed by atoms with Crippen LogP contribution in [-0.2, 0) is 0 Å². The third-order valence-electron chi connectivity index (χ3n) is 4.51. The first kappa shape index (κ1) is 17.0. The van der Waals surface area contributed by atoms with Crippen LogP contribution in [0, 0.1) is 11.3 Å². The summed E-state index contributed by atoms with van der Waals surface area (Å²) in [6.45, 7) is 0. The number of hydrogen-bond donors (Lipinski definition) is 2. The molecule has 27 heavy (non-hydrogen) atoms. The lowest BCUT2D eigenvalue weighted by Gasteiger charge is -2.24. The van der Waals surface area contributed by atoms with Gasteiger partial charge in [0.1, 0.15) is 17.4 Å². The van der Waals surface area contributed by atoms with Gasteiger partial charge in [-0.15, -0.1) is 5.10 Å². The first-order chi connectivity index (χ1) is 13.1. The second-order valence-corrected chi connectivity index (χ2v) is 6.40. The summed E-state index contributed by atoms with van der Waals surface area (Å²) in [6.07, 6.45) is 0. The summed E-state index contributed by atoms with van der Waals surface area (Å²) in [7, 11) is 1.61. The van der Waals surface area contributed by atoms with Crippen molar-refractivity contribution in [1.82, 2.24) is 10.2 Å². The Morgan fingerprint density at radius 3 is 2.81 bits per heavy atom. The standard InChI is InChI=1S/C20H15ClN4O2/c1-26-12-6-4-5-11(9-12)18-17-16(13-7-2-3-8-15(13)21)14(10-22)19(23)27-20(17)25-24-18/h2-9,16H,23H2,1H3,(H,24,25). The van der Waals surface area contributed by atoms with E-state index < -0.39 is 5.92 Å². The van der Waals surface area contributed by atoms with Crippen LogP contribution in [0.2, 0.25) is 5.02 Å². The zero-order valence-corrected chi connectivity index (χ0v) is 15.1. The largest absolute Gasteiger partial charge is 0.497 e. The number of methoxy groups -OCH3 is 1. The van der Waals surface area contributed by atoms with Crippen molar-refractivity contribution >= 4 is 11.6 Å². The number of nitriles is 1. The van der Waals surface area contributed by atoms with Gasteiger partial charge < -0.3 is 15.2 Å². The van der Waals surface area contributed by atoms with E-state index in [2.05, 4.69) is 16.3 Å². The minimum Gasteiger partial charge on any atom is -0.497 e. The van der Waals surface area contributed by atoms with E-state index in [-0.39, 0.29) is 5.88 Å². The molecule has 0 spiro atoms. The van der Waals surface area contributed by atoms with Gasteiger partial charge >= 0.3 is 0 Å². The number of aromatic amines is 1. The molecule has 1 unspecified atom stereocenters. The molecule has 0 amide bonds. The number of allylic oxidation sites excluding steroid dienone is 1. The van der Waals surface area contributed by atoms with E-state index in [1.54, 1.807) is 13.2 Å². The Hall–Kier alpha value is -3.43. The molecule has 0 saturated carbocycles. The van der Waals surface area contributed by atoms with Gasteiger partial charge in [0.25, 0.3) is 0 Å². The third-order valence-corrected chi connectivity index (χ3v) is 4.86. The van der Waals surface area contributed by atoms with Crippen LogP contribution < -0.4 is 15.2 Å². The number of nitrogens with one attached hydrogen (secondary N) is 1. The fraction of sp³-hybridized carbons (Fsp3) is 0.100. The minimum atomic E-state index is -0.493. The van der Waals surface area contributed by atoms with Crippen LogP contribution in [0.5, 0.6) is 11.6 Å². The van der Waals surface area contributed by atoms with Gasteiger partial charge in [-0.05, 0) is 23.8 Å². The van der Waals surface area contributed by atoms with Crippen LogP contribution in [0.1, 0.15) is 17.0 Å². The van der Waals surface area contributed by atoms with Crippen molar-refractivity contribution in [3.8, 4) is 29.0 Å². The maximum atomic E-state index is 9.73. The quantitative estimate of drug-likeness (QED) is 0.719. The average molecular weight is 379 g/mol. The van der Waals surface area contributed by atoms with Gasteiger partial charge in [-0.2, -0.15) is 5.26 Å². The number of nitrogens with zero attached hydrogens (tertiary/aromatic N) is 2. The number of ether oxygens (including phenoxy) is 2. The lowest BCUT2D eigenvalue weighted by atomic mass is 9.83. The van der Waals surface area contributed by atoms with E-state index in [9.17, 15) is 5.26 Å². The Labute approximate surface area is 160 Å². The fourth-order valence-corrected chi connectivity index (χ4v) is 3.51. The molecule has 2 aromatic carbocycles. The van der Waals surface area contributed by atoms with Crippen LogP contribution >= 0.6 is 11.6 Å². The summed E-state index contributed by atoms with van der Waals surface area (Å²) in [5.74, 6) is 0.567. The van der Waals surface area contributed by atoms with E-state index in [4.69, 9.17) is 26.8 Å². The second kappa shape index (κ2) is 6.71. The van der Waals surface area contributed by atoms with Crippen molar-refractivity contribution < 1.29 is 9.47 Å². The molecule has 6 nitrogen and oxygen atoms in total. The zero-order chi connectivity index (χ0) is 19.0. The lowest BCUT2D eigenvalue weighted by Crippen LogP contribution is -2.21. The summed E-state index contributed by atoms with van der Waals surface area (Å²) in [5, 5.41) is 17.5. The molecule has 1 aromatic heterocycles. The highest BCUT2D eigenvalue weighted by Gasteiger charge is 2.36. The average Bonchev–Trinajstić information content (AvgIpc) is 3.11. The van der Waals surface area contributed by atoms with Gasteiger partial charge in [0.2, 0.25) is 11.8 Å². The summed E-state index contributed by atoms with van der Waals surface area (Å²) >= 11 is 6.44. The van der Waals surface area contributed by atoms with Crippen LogP contribution in [0.25, 0.3) is 11.3 Å². The molecule has 0 saturated heterocycles. The van der Waals surface area contributed by atoms with E-state index in [1.807, 2.05) is 42.5 Å². The van der Waals surface area contributed by atoms with E-state index >= 15 is 0 Å². The number of H-pyrrole nitrogens is 1. The third kappa shape index (κ3) is 2.78. The summed E-state index contributed by atoms with van der Waals surface area (Å²) in [4.78, 5) is 0. The topological polar surface area (TPSA) is 97.0 Å². The number of hydrogen-bond acceptors (Lipinski definition) is 5. The molecule has 0 radical (unpaired) electrons. The summed E-state index contributed by atoms with van der Waals surface area (Å²) in [5.41, 5.74) is 9.32. The highest BCUT2D eigenvalue weighted by molar-refractivity contribution is 6.31. The first-order valence-corrected chi connectivity index (χ1v) is 8.56. The Morgan fingerprint density at radius 2 is 2.07 bits per heavy atom. The van der Waals surface area contributed by atoms with Gasteiger partial charge in [-0.25, -0.2) is 0 Å². The fourth-order valence-electron chi connectivity index (χ4n) is 3.26. The van der Waals surface area contributed by atoms with Gasteiger partial charge in [0.15, 0.2) is 0 Å². The molecule has 0 aliphatic carbocycles. The number of aromatic nitrogens is 2. The molecular weight excluding hydrogens is 364 g/mol. The Bertz CT molecular complexity index is 1100. The maximum absolute atomic E-state index is 9.73. The Morgan fingerprint density at radius 1 is 1.26 bits per heavy atom. The monoisotopic (exact) mass is 378 g/mol. The van der Waals surface area contributed by atoms with Crippen molar-refractivity contribution in [3.63, 3.8) is 0 Å². The number of benzene rings is 2. The van der Waals surface area contributed by atoms with Crippen LogP contribution in [0.3, 0.4) is 0 Å². The van der Waals surface area contributed by atoms with Crippen molar-refractivity contribution in [2.75, 3.05) is 7.11 Å².